The van der Waals surface area contributed by atoms with E-state index < -0.39 is 23.7 Å². The number of rotatable bonds is 5. The van der Waals surface area contributed by atoms with Crippen LogP contribution in [0.1, 0.15) is 20.8 Å². The van der Waals surface area contributed by atoms with Crippen LogP contribution in [0.2, 0.25) is 5.02 Å². The van der Waals surface area contributed by atoms with E-state index in [-0.39, 0.29) is 6.54 Å². The standard InChI is InChI=1S/C14H19ClN2O4/c1-14(2,3)21-13(20)16-8-11(12(18)19)17-10-6-4-9(15)5-7-10/h4-7,11,17H,8H2,1-3H3,(H,16,20)(H,18,19). The summed E-state index contributed by atoms with van der Waals surface area (Å²) < 4.78 is 5.05. The van der Waals surface area contributed by atoms with E-state index in [9.17, 15) is 9.59 Å². The zero-order chi connectivity index (χ0) is 16.0. The van der Waals surface area contributed by atoms with Crippen molar-refractivity contribution >= 4 is 29.4 Å². The summed E-state index contributed by atoms with van der Waals surface area (Å²) in [6.07, 6.45) is -0.661. The zero-order valence-electron chi connectivity index (χ0n) is 12.1. The third-order valence-corrected chi connectivity index (χ3v) is 2.58. The van der Waals surface area contributed by atoms with E-state index in [0.29, 0.717) is 10.7 Å². The maximum absolute atomic E-state index is 11.5. The van der Waals surface area contributed by atoms with Crippen LogP contribution in [0.5, 0.6) is 0 Å². The Morgan fingerprint density at radius 3 is 2.33 bits per heavy atom. The number of amides is 1. The maximum atomic E-state index is 11.5. The summed E-state index contributed by atoms with van der Waals surface area (Å²) in [5, 5.41) is 14.9. The van der Waals surface area contributed by atoms with Crippen molar-refractivity contribution in [3.8, 4) is 0 Å². The average Bonchev–Trinajstić information content (AvgIpc) is 2.34. The molecular formula is C14H19ClN2O4. The van der Waals surface area contributed by atoms with Crippen molar-refractivity contribution in [2.75, 3.05) is 11.9 Å². The third-order valence-electron chi connectivity index (χ3n) is 2.33. The first kappa shape index (κ1) is 17.1. The van der Waals surface area contributed by atoms with Crippen molar-refractivity contribution in [3.63, 3.8) is 0 Å². The van der Waals surface area contributed by atoms with E-state index in [1.54, 1.807) is 45.0 Å². The highest BCUT2D eigenvalue weighted by Crippen LogP contribution is 2.14. The Kier molecular flexibility index (Phi) is 5.84. The summed E-state index contributed by atoms with van der Waals surface area (Å²) in [6, 6.07) is 5.63. The van der Waals surface area contributed by atoms with Crippen LogP contribution < -0.4 is 10.6 Å². The van der Waals surface area contributed by atoms with E-state index >= 15 is 0 Å². The Morgan fingerprint density at radius 2 is 1.86 bits per heavy atom. The Bertz CT molecular complexity index is 497. The fourth-order valence-electron chi connectivity index (χ4n) is 1.45. The molecule has 1 aromatic rings. The second kappa shape index (κ2) is 7.17. The fraction of sp³-hybridized carbons (Fsp3) is 0.429. The molecule has 0 aliphatic rings. The molecule has 3 N–H and O–H groups in total. The molecule has 0 bridgehead atoms. The van der Waals surface area contributed by atoms with Gasteiger partial charge in [-0.1, -0.05) is 11.6 Å². The summed E-state index contributed by atoms with van der Waals surface area (Å²) in [7, 11) is 0. The number of hydrogen-bond donors (Lipinski definition) is 3. The summed E-state index contributed by atoms with van der Waals surface area (Å²) in [5.41, 5.74) is -0.0374. The van der Waals surface area contributed by atoms with Crippen LogP contribution in [-0.2, 0) is 9.53 Å². The molecular weight excluding hydrogens is 296 g/mol. The van der Waals surface area contributed by atoms with Crippen LogP contribution in [0.25, 0.3) is 0 Å². The number of carbonyl (C=O) groups excluding carboxylic acids is 1. The minimum absolute atomic E-state index is 0.104. The summed E-state index contributed by atoms with van der Waals surface area (Å²) in [5.74, 6) is -1.08. The van der Waals surface area contributed by atoms with Crippen LogP contribution in [0.3, 0.4) is 0 Å². The largest absolute Gasteiger partial charge is 0.480 e. The van der Waals surface area contributed by atoms with Gasteiger partial charge in [-0.2, -0.15) is 0 Å². The van der Waals surface area contributed by atoms with Gasteiger partial charge in [-0.25, -0.2) is 9.59 Å². The molecule has 0 aliphatic heterocycles. The van der Waals surface area contributed by atoms with Crippen molar-refractivity contribution in [2.45, 2.75) is 32.4 Å². The molecule has 1 atom stereocenters. The molecule has 0 saturated heterocycles. The number of carboxylic acids is 1. The third kappa shape index (κ3) is 6.85. The summed E-state index contributed by atoms with van der Waals surface area (Å²) in [6.45, 7) is 5.08. The number of aliphatic carboxylic acids is 1. The summed E-state index contributed by atoms with van der Waals surface area (Å²) in [4.78, 5) is 22.7. The minimum Gasteiger partial charge on any atom is -0.480 e. The zero-order valence-corrected chi connectivity index (χ0v) is 12.9. The quantitative estimate of drug-likeness (QED) is 0.778. The highest BCUT2D eigenvalue weighted by atomic mass is 35.5. The van der Waals surface area contributed by atoms with Crippen molar-refractivity contribution < 1.29 is 19.4 Å². The first-order chi connectivity index (χ1) is 9.67. The lowest BCUT2D eigenvalue weighted by molar-refractivity contribution is -0.137. The minimum atomic E-state index is -1.08. The molecule has 7 heteroatoms. The lowest BCUT2D eigenvalue weighted by atomic mass is 10.2. The Balaban J connectivity index is 2.56. The number of carbonyl (C=O) groups is 2. The van der Waals surface area contributed by atoms with Gasteiger partial charge in [0, 0.05) is 10.7 Å². The van der Waals surface area contributed by atoms with E-state index in [1.807, 2.05) is 0 Å². The molecule has 1 unspecified atom stereocenters. The summed E-state index contributed by atoms with van der Waals surface area (Å²) >= 11 is 5.76. The predicted octanol–water partition coefficient (Wildman–Crippen LogP) is 2.73. The number of ether oxygens (including phenoxy) is 1. The van der Waals surface area contributed by atoms with Crippen LogP contribution in [0.15, 0.2) is 24.3 Å². The van der Waals surface area contributed by atoms with Gasteiger partial charge >= 0.3 is 12.1 Å². The molecule has 1 rings (SSSR count). The van der Waals surface area contributed by atoms with E-state index in [4.69, 9.17) is 21.4 Å². The predicted molar refractivity (Wildman–Crippen MR) is 80.7 cm³/mol. The molecule has 0 aromatic heterocycles. The van der Waals surface area contributed by atoms with Crippen LogP contribution in [0.4, 0.5) is 10.5 Å². The molecule has 0 fully saturated rings. The highest BCUT2D eigenvalue weighted by molar-refractivity contribution is 6.30. The first-order valence-corrected chi connectivity index (χ1v) is 6.77. The van der Waals surface area contributed by atoms with Crippen LogP contribution >= 0.6 is 11.6 Å². The second-order valence-electron chi connectivity index (χ2n) is 5.42. The van der Waals surface area contributed by atoms with Gasteiger partial charge in [0.25, 0.3) is 0 Å². The molecule has 0 radical (unpaired) electrons. The van der Waals surface area contributed by atoms with E-state index in [0.717, 1.165) is 0 Å². The molecule has 1 amide bonds. The SMILES string of the molecule is CC(C)(C)OC(=O)NCC(Nc1ccc(Cl)cc1)C(=O)O. The van der Waals surface area contributed by atoms with Gasteiger partial charge in [-0.15, -0.1) is 0 Å². The number of nitrogens with one attached hydrogen (secondary N) is 2. The van der Waals surface area contributed by atoms with Crippen molar-refractivity contribution in [1.82, 2.24) is 5.32 Å². The van der Waals surface area contributed by atoms with Gasteiger partial charge in [-0.3, -0.25) is 0 Å². The number of hydrogen-bond acceptors (Lipinski definition) is 4. The smallest absolute Gasteiger partial charge is 0.407 e. The molecule has 21 heavy (non-hydrogen) atoms. The number of alkyl carbamates (subject to hydrolysis) is 1. The maximum Gasteiger partial charge on any atom is 0.407 e. The number of carboxylic acid groups (broad SMARTS) is 1. The molecule has 116 valence electrons. The molecule has 0 spiro atoms. The van der Waals surface area contributed by atoms with Gasteiger partial charge < -0.3 is 20.5 Å². The monoisotopic (exact) mass is 314 g/mol. The van der Waals surface area contributed by atoms with Gasteiger partial charge in [0.05, 0.1) is 6.54 Å². The average molecular weight is 315 g/mol. The molecule has 0 saturated carbocycles. The molecule has 1 aromatic carbocycles. The Labute approximate surface area is 128 Å². The lowest BCUT2D eigenvalue weighted by Gasteiger charge is -2.21. The highest BCUT2D eigenvalue weighted by Gasteiger charge is 2.21. The lowest BCUT2D eigenvalue weighted by Crippen LogP contribution is -2.43. The first-order valence-electron chi connectivity index (χ1n) is 6.39. The topological polar surface area (TPSA) is 87.7 Å². The van der Waals surface area contributed by atoms with Gasteiger partial charge in [-0.05, 0) is 45.0 Å². The van der Waals surface area contributed by atoms with Gasteiger partial charge in [0.15, 0.2) is 0 Å². The second-order valence-corrected chi connectivity index (χ2v) is 5.86. The Morgan fingerprint density at radius 1 is 1.29 bits per heavy atom. The van der Waals surface area contributed by atoms with E-state index in [1.165, 1.54) is 0 Å². The molecule has 0 heterocycles. The van der Waals surface area contributed by atoms with Gasteiger partial charge in [0.1, 0.15) is 11.6 Å². The van der Waals surface area contributed by atoms with Crippen molar-refractivity contribution in [1.29, 1.82) is 0 Å². The molecule has 6 nitrogen and oxygen atoms in total. The normalized spacial score (nSPS) is 12.4. The fourth-order valence-corrected chi connectivity index (χ4v) is 1.57. The van der Waals surface area contributed by atoms with Crippen molar-refractivity contribution in [3.05, 3.63) is 29.3 Å². The Hall–Kier alpha value is -1.95. The van der Waals surface area contributed by atoms with Crippen LogP contribution in [-0.4, -0.2) is 35.4 Å². The number of benzene rings is 1. The van der Waals surface area contributed by atoms with Crippen LogP contribution in [0, 0.1) is 0 Å². The molecule has 0 aliphatic carbocycles. The van der Waals surface area contributed by atoms with Crippen molar-refractivity contribution in [2.24, 2.45) is 0 Å². The number of anilines is 1. The van der Waals surface area contributed by atoms with Gasteiger partial charge in [0.2, 0.25) is 0 Å². The van der Waals surface area contributed by atoms with E-state index in [2.05, 4.69) is 10.6 Å². The number of halogens is 1.